The molecule has 0 bridgehead atoms. The highest BCUT2D eigenvalue weighted by atomic mass is 15.4. The van der Waals surface area contributed by atoms with Crippen molar-refractivity contribution < 1.29 is 0 Å². The van der Waals surface area contributed by atoms with Gasteiger partial charge in [0, 0.05) is 0 Å². The molecule has 6 nitrogen and oxygen atoms in total. The van der Waals surface area contributed by atoms with E-state index in [4.69, 9.17) is 9.98 Å². The molecule has 6 heteroatoms. The molecule has 5 aromatic rings. The van der Waals surface area contributed by atoms with Crippen molar-refractivity contribution in [2.75, 3.05) is 0 Å². The highest BCUT2D eigenvalue weighted by molar-refractivity contribution is 6.04. The van der Waals surface area contributed by atoms with Gasteiger partial charge >= 0.3 is 0 Å². The fourth-order valence-corrected chi connectivity index (χ4v) is 3.03. The third-order valence-corrected chi connectivity index (χ3v) is 4.42. The number of fused-ring (bicyclic) bond motifs is 2. The second-order valence-electron chi connectivity index (χ2n) is 6.36. The first kappa shape index (κ1) is 15.5. The van der Waals surface area contributed by atoms with Crippen molar-refractivity contribution in [3.05, 3.63) is 84.2 Å². The second kappa shape index (κ2) is 6.17. The van der Waals surface area contributed by atoms with Gasteiger partial charge in [0.25, 0.3) is 0 Å². The lowest BCUT2D eigenvalue weighted by Gasteiger charge is -2.05. The van der Waals surface area contributed by atoms with Gasteiger partial charge in [-0.2, -0.15) is 4.68 Å². The average Bonchev–Trinajstić information content (AvgIpc) is 3.32. The lowest BCUT2D eigenvalue weighted by molar-refractivity contribution is 0.855. The van der Waals surface area contributed by atoms with Crippen molar-refractivity contribution in [2.45, 2.75) is 6.92 Å². The predicted octanol–water partition coefficient (Wildman–Crippen LogP) is 4.24. The Bertz CT molecular complexity index is 1240. The molecule has 0 aliphatic rings. The van der Waals surface area contributed by atoms with Crippen molar-refractivity contribution in [3.8, 4) is 0 Å². The Hall–Kier alpha value is -3.80. The quantitative estimate of drug-likeness (QED) is 0.381. The number of imidazole rings is 1. The zero-order chi connectivity index (χ0) is 18.2. The van der Waals surface area contributed by atoms with Crippen LogP contribution in [0.1, 0.15) is 11.4 Å². The molecule has 0 atom stereocenters. The number of para-hydroxylation sites is 3. The molecule has 0 saturated carbocycles. The molecule has 2 aromatic heterocycles. The number of rotatable bonds is 2. The molecule has 0 spiro atoms. The normalized spacial score (nSPS) is 12.1. The molecule has 0 unspecified atom stereocenters. The molecular formula is C21H16N6. The van der Waals surface area contributed by atoms with Crippen LogP contribution < -0.4 is 0 Å². The van der Waals surface area contributed by atoms with Gasteiger partial charge in [0.2, 0.25) is 0 Å². The highest BCUT2D eigenvalue weighted by Crippen LogP contribution is 2.19. The Morgan fingerprint density at radius 2 is 1.63 bits per heavy atom. The van der Waals surface area contributed by atoms with E-state index in [9.17, 15) is 0 Å². The van der Waals surface area contributed by atoms with E-state index < -0.39 is 0 Å². The Balaban J connectivity index is 1.75. The Morgan fingerprint density at radius 3 is 2.44 bits per heavy atom. The van der Waals surface area contributed by atoms with Crippen molar-refractivity contribution in [2.24, 2.45) is 4.99 Å². The number of hydrogen-bond acceptors (Lipinski definition) is 4. The minimum Gasteiger partial charge on any atom is -0.335 e. The number of aromatic nitrogens is 5. The summed E-state index contributed by atoms with van der Waals surface area (Å²) < 4.78 is 1.73. The number of aliphatic imine (C=N–C) groups is 1. The molecule has 0 radical (unpaired) electrons. The van der Waals surface area contributed by atoms with Crippen molar-refractivity contribution in [1.29, 1.82) is 0 Å². The van der Waals surface area contributed by atoms with E-state index in [-0.39, 0.29) is 0 Å². The molecule has 27 heavy (non-hydrogen) atoms. The van der Waals surface area contributed by atoms with Gasteiger partial charge in [-0.3, -0.25) is 0 Å². The summed E-state index contributed by atoms with van der Waals surface area (Å²) in [5, 5.41) is 8.60. The summed E-state index contributed by atoms with van der Waals surface area (Å²) in [6.45, 7) is 2.05. The van der Waals surface area contributed by atoms with Crippen LogP contribution in [-0.4, -0.2) is 30.8 Å². The van der Waals surface area contributed by atoms with Gasteiger partial charge in [-0.25, -0.2) is 9.98 Å². The van der Waals surface area contributed by atoms with Gasteiger partial charge in [0.05, 0.1) is 22.2 Å². The summed E-state index contributed by atoms with van der Waals surface area (Å²) in [5.41, 5.74) is 5.54. The molecule has 2 heterocycles. The fraction of sp³-hybridized carbons (Fsp3) is 0.0476. The van der Waals surface area contributed by atoms with Gasteiger partial charge in [-0.1, -0.05) is 47.2 Å². The van der Waals surface area contributed by atoms with E-state index in [1.54, 1.807) is 4.68 Å². The second-order valence-corrected chi connectivity index (χ2v) is 6.36. The van der Waals surface area contributed by atoms with E-state index in [0.717, 1.165) is 27.8 Å². The summed E-state index contributed by atoms with van der Waals surface area (Å²) in [7, 11) is 0. The molecule has 0 amide bonds. The molecular weight excluding hydrogens is 336 g/mol. The first-order valence-corrected chi connectivity index (χ1v) is 8.69. The van der Waals surface area contributed by atoms with E-state index in [0.29, 0.717) is 11.7 Å². The molecule has 0 saturated heterocycles. The molecule has 5 rings (SSSR count). The molecule has 0 aliphatic heterocycles. The standard InChI is InChI=1S/C21H16N6/c1-14-10-12-15(13-11-14)22-21(20-23-16-6-2-3-7-17(16)24-20)27-19-9-5-4-8-18(19)25-26-27/h2-13H,1H3,(H,23,24). The van der Waals surface area contributed by atoms with E-state index in [1.807, 2.05) is 72.8 Å². The molecule has 1 N–H and O–H groups in total. The van der Waals surface area contributed by atoms with Crippen molar-refractivity contribution in [1.82, 2.24) is 25.0 Å². The molecule has 3 aromatic carbocycles. The van der Waals surface area contributed by atoms with Gasteiger partial charge in [-0.05, 0) is 43.3 Å². The van der Waals surface area contributed by atoms with Crippen LogP contribution in [0.4, 0.5) is 5.69 Å². The lowest BCUT2D eigenvalue weighted by Crippen LogP contribution is -2.16. The first-order valence-electron chi connectivity index (χ1n) is 8.69. The van der Waals surface area contributed by atoms with Crippen molar-refractivity contribution >= 4 is 33.6 Å². The maximum Gasteiger partial charge on any atom is 0.199 e. The highest BCUT2D eigenvalue weighted by Gasteiger charge is 2.16. The number of hydrogen-bond donors (Lipinski definition) is 1. The third kappa shape index (κ3) is 2.77. The maximum absolute atomic E-state index is 4.84. The molecule has 130 valence electrons. The van der Waals surface area contributed by atoms with Crippen LogP contribution in [-0.2, 0) is 0 Å². The van der Waals surface area contributed by atoms with E-state index >= 15 is 0 Å². The Morgan fingerprint density at radius 1 is 0.889 bits per heavy atom. The van der Waals surface area contributed by atoms with Crippen molar-refractivity contribution in [3.63, 3.8) is 0 Å². The number of benzene rings is 3. The molecule has 0 aliphatic carbocycles. The summed E-state index contributed by atoms with van der Waals surface area (Å²) in [5.74, 6) is 1.25. The Kier molecular flexibility index (Phi) is 3.53. The van der Waals surface area contributed by atoms with Crippen LogP contribution in [0.2, 0.25) is 0 Å². The summed E-state index contributed by atoms with van der Waals surface area (Å²) in [4.78, 5) is 12.9. The minimum absolute atomic E-state index is 0.601. The third-order valence-electron chi connectivity index (χ3n) is 4.42. The fourth-order valence-electron chi connectivity index (χ4n) is 3.03. The number of aromatic amines is 1. The smallest absolute Gasteiger partial charge is 0.199 e. The monoisotopic (exact) mass is 352 g/mol. The van der Waals surface area contributed by atoms with E-state index in [1.165, 1.54) is 5.56 Å². The number of nitrogens with zero attached hydrogens (tertiary/aromatic N) is 5. The first-order chi connectivity index (χ1) is 13.3. The summed E-state index contributed by atoms with van der Waals surface area (Å²) in [6, 6.07) is 23.8. The molecule has 0 fully saturated rings. The largest absolute Gasteiger partial charge is 0.335 e. The SMILES string of the molecule is Cc1ccc(N=C(c2nc3ccccc3[nH]2)n2nnc3ccccc32)cc1. The average molecular weight is 352 g/mol. The van der Waals surface area contributed by atoms with Gasteiger partial charge in [0.15, 0.2) is 11.7 Å². The van der Waals surface area contributed by atoms with Crippen LogP contribution in [0, 0.1) is 6.92 Å². The summed E-state index contributed by atoms with van der Waals surface area (Å²) >= 11 is 0. The van der Waals surface area contributed by atoms with Crippen LogP contribution in [0.15, 0.2) is 77.8 Å². The van der Waals surface area contributed by atoms with Crippen LogP contribution in [0.5, 0.6) is 0 Å². The predicted molar refractivity (Wildman–Crippen MR) is 106 cm³/mol. The minimum atomic E-state index is 0.601. The Labute approximate surface area is 155 Å². The van der Waals surface area contributed by atoms with Crippen LogP contribution in [0.3, 0.4) is 0 Å². The van der Waals surface area contributed by atoms with Crippen LogP contribution in [0.25, 0.3) is 22.1 Å². The number of nitrogens with one attached hydrogen (secondary N) is 1. The number of aryl methyl sites for hydroxylation is 1. The van der Waals surface area contributed by atoms with Gasteiger partial charge in [-0.15, -0.1) is 5.10 Å². The van der Waals surface area contributed by atoms with E-state index in [2.05, 4.69) is 22.2 Å². The van der Waals surface area contributed by atoms with Gasteiger partial charge in [0.1, 0.15) is 5.52 Å². The zero-order valence-electron chi connectivity index (χ0n) is 14.7. The topological polar surface area (TPSA) is 71.8 Å². The van der Waals surface area contributed by atoms with Crippen LogP contribution >= 0.6 is 0 Å². The maximum atomic E-state index is 4.84. The lowest BCUT2D eigenvalue weighted by atomic mass is 10.2. The zero-order valence-corrected chi connectivity index (χ0v) is 14.7. The number of H-pyrrole nitrogens is 1. The summed E-state index contributed by atoms with van der Waals surface area (Å²) in [6.07, 6.45) is 0. The van der Waals surface area contributed by atoms with Gasteiger partial charge < -0.3 is 4.98 Å².